The number of anilines is 1. The van der Waals surface area contributed by atoms with Crippen molar-refractivity contribution in [3.05, 3.63) is 33.9 Å². The Morgan fingerprint density at radius 1 is 1.48 bits per heavy atom. The Morgan fingerprint density at radius 3 is 2.90 bits per heavy atom. The first kappa shape index (κ1) is 15.8. The zero-order valence-corrected chi connectivity index (χ0v) is 13.1. The van der Waals surface area contributed by atoms with Crippen LogP contribution in [0.2, 0.25) is 0 Å². The van der Waals surface area contributed by atoms with Crippen molar-refractivity contribution in [1.29, 1.82) is 0 Å². The van der Waals surface area contributed by atoms with Gasteiger partial charge in [0.05, 0.1) is 10.5 Å². The molecule has 21 heavy (non-hydrogen) atoms. The summed E-state index contributed by atoms with van der Waals surface area (Å²) in [5.74, 6) is 0.611. The Balaban J connectivity index is 2.11. The average Bonchev–Trinajstić information content (AvgIpc) is 2.45. The minimum absolute atomic E-state index is 0.218. The van der Waals surface area contributed by atoms with Gasteiger partial charge in [-0.3, -0.25) is 10.1 Å². The molecule has 5 nitrogen and oxygen atoms in total. The van der Waals surface area contributed by atoms with Gasteiger partial charge in [-0.05, 0) is 38.3 Å². The molecule has 1 atom stereocenters. The second-order valence-electron chi connectivity index (χ2n) is 6.20. The van der Waals surface area contributed by atoms with Crippen molar-refractivity contribution in [1.82, 2.24) is 5.32 Å². The van der Waals surface area contributed by atoms with Crippen molar-refractivity contribution in [3.8, 4) is 0 Å². The third kappa shape index (κ3) is 3.94. The van der Waals surface area contributed by atoms with E-state index in [4.69, 9.17) is 0 Å². The highest BCUT2D eigenvalue weighted by Gasteiger charge is 2.23. The fourth-order valence-electron chi connectivity index (χ4n) is 3.00. The first-order chi connectivity index (χ1) is 9.99. The van der Waals surface area contributed by atoms with Crippen LogP contribution in [0.3, 0.4) is 0 Å². The molecule has 0 aliphatic carbocycles. The maximum Gasteiger partial charge on any atom is 0.274 e. The Hall–Kier alpha value is -1.62. The van der Waals surface area contributed by atoms with Crippen LogP contribution in [0.1, 0.15) is 32.3 Å². The van der Waals surface area contributed by atoms with Crippen molar-refractivity contribution in [3.63, 3.8) is 0 Å². The Kier molecular flexibility index (Phi) is 5.17. The third-order valence-electron chi connectivity index (χ3n) is 4.15. The molecule has 2 rings (SSSR count). The second-order valence-corrected chi connectivity index (χ2v) is 6.20. The number of rotatable bonds is 5. The summed E-state index contributed by atoms with van der Waals surface area (Å²) in [5, 5.41) is 14.6. The summed E-state index contributed by atoms with van der Waals surface area (Å²) in [4.78, 5) is 13.1. The molecule has 1 aromatic carbocycles. The molecule has 1 N–H and O–H groups in total. The van der Waals surface area contributed by atoms with Crippen LogP contribution < -0.4 is 10.2 Å². The zero-order valence-electron chi connectivity index (χ0n) is 13.1. The van der Waals surface area contributed by atoms with Gasteiger partial charge in [0.1, 0.15) is 0 Å². The Morgan fingerprint density at radius 2 is 2.24 bits per heavy atom. The van der Waals surface area contributed by atoms with Crippen molar-refractivity contribution in [2.24, 2.45) is 5.92 Å². The van der Waals surface area contributed by atoms with Gasteiger partial charge < -0.3 is 10.2 Å². The molecule has 0 amide bonds. The van der Waals surface area contributed by atoms with Crippen LogP contribution in [0.25, 0.3) is 0 Å². The van der Waals surface area contributed by atoms with Crippen LogP contribution in [-0.4, -0.2) is 30.6 Å². The molecule has 0 bridgehead atoms. The molecule has 116 valence electrons. The molecular formula is C16H25N3O2. The molecule has 5 heteroatoms. The first-order valence-electron chi connectivity index (χ1n) is 7.71. The smallest absolute Gasteiger partial charge is 0.274 e. The highest BCUT2D eigenvalue weighted by Crippen LogP contribution is 2.31. The number of nitrogens with one attached hydrogen (secondary N) is 1. The van der Waals surface area contributed by atoms with E-state index < -0.39 is 0 Å². The normalized spacial score (nSPS) is 19.0. The number of nitro groups is 1. The summed E-state index contributed by atoms with van der Waals surface area (Å²) in [6.45, 7) is 9.14. The molecule has 0 saturated carbocycles. The summed E-state index contributed by atoms with van der Waals surface area (Å²) in [7, 11) is 0. The van der Waals surface area contributed by atoms with Crippen molar-refractivity contribution >= 4 is 11.4 Å². The molecule has 0 radical (unpaired) electrons. The van der Waals surface area contributed by atoms with Crippen LogP contribution in [0.4, 0.5) is 11.4 Å². The Bertz CT molecular complexity index is 502. The molecule has 1 saturated heterocycles. The standard InChI is InChI=1S/C16H25N3O2/c1-12(2)17-10-14-6-5-9-18(11-14)15-7-4-8-16(13(15)3)19(20)21/h4,7-8,12,14,17H,5-6,9-11H2,1-3H3. The minimum atomic E-state index is -0.291. The van der Waals surface area contributed by atoms with Crippen LogP contribution in [0.5, 0.6) is 0 Å². The summed E-state index contributed by atoms with van der Waals surface area (Å²) >= 11 is 0. The lowest BCUT2D eigenvalue weighted by atomic mass is 9.96. The minimum Gasteiger partial charge on any atom is -0.371 e. The third-order valence-corrected chi connectivity index (χ3v) is 4.15. The monoisotopic (exact) mass is 291 g/mol. The lowest BCUT2D eigenvalue weighted by Gasteiger charge is -2.35. The van der Waals surface area contributed by atoms with Gasteiger partial charge in [0.2, 0.25) is 0 Å². The highest BCUT2D eigenvalue weighted by molar-refractivity contribution is 5.61. The largest absolute Gasteiger partial charge is 0.371 e. The van der Waals surface area contributed by atoms with Gasteiger partial charge in [-0.25, -0.2) is 0 Å². The number of hydrogen-bond donors (Lipinski definition) is 1. The summed E-state index contributed by atoms with van der Waals surface area (Å²) in [6.07, 6.45) is 2.37. The van der Waals surface area contributed by atoms with E-state index in [-0.39, 0.29) is 10.6 Å². The predicted molar refractivity (Wildman–Crippen MR) is 85.9 cm³/mol. The number of piperidine rings is 1. The van der Waals surface area contributed by atoms with Crippen LogP contribution >= 0.6 is 0 Å². The van der Waals surface area contributed by atoms with Gasteiger partial charge in [0.25, 0.3) is 5.69 Å². The fraction of sp³-hybridized carbons (Fsp3) is 0.625. The SMILES string of the molecule is Cc1c(N2CCCC(CNC(C)C)C2)cccc1[N+](=O)[O-]. The summed E-state index contributed by atoms with van der Waals surface area (Å²) in [5.41, 5.74) is 2.01. The summed E-state index contributed by atoms with van der Waals surface area (Å²) < 4.78 is 0. The molecule has 1 aliphatic rings. The molecule has 1 fully saturated rings. The topological polar surface area (TPSA) is 58.4 Å². The van der Waals surface area contributed by atoms with Crippen molar-refractivity contribution in [2.75, 3.05) is 24.5 Å². The van der Waals surface area contributed by atoms with Crippen LogP contribution in [0, 0.1) is 23.0 Å². The van der Waals surface area contributed by atoms with Crippen molar-refractivity contribution in [2.45, 2.75) is 39.7 Å². The van der Waals surface area contributed by atoms with Gasteiger partial charge in [0, 0.05) is 30.9 Å². The van der Waals surface area contributed by atoms with E-state index in [1.54, 1.807) is 12.1 Å². The fourth-order valence-corrected chi connectivity index (χ4v) is 3.00. The summed E-state index contributed by atoms with van der Waals surface area (Å²) in [6, 6.07) is 5.87. The zero-order chi connectivity index (χ0) is 15.4. The van der Waals surface area contributed by atoms with E-state index >= 15 is 0 Å². The molecule has 1 aromatic rings. The maximum atomic E-state index is 11.1. The van der Waals surface area contributed by atoms with Crippen LogP contribution in [-0.2, 0) is 0 Å². The number of nitro benzene ring substituents is 1. The van der Waals surface area contributed by atoms with E-state index in [0.29, 0.717) is 12.0 Å². The molecule has 1 heterocycles. The second kappa shape index (κ2) is 6.89. The maximum absolute atomic E-state index is 11.1. The Labute approximate surface area is 126 Å². The van der Waals surface area contributed by atoms with Gasteiger partial charge in [-0.2, -0.15) is 0 Å². The van der Waals surface area contributed by atoms with Gasteiger partial charge in [0.15, 0.2) is 0 Å². The predicted octanol–water partition coefficient (Wildman–Crippen LogP) is 3.12. The molecule has 0 aromatic heterocycles. The number of benzene rings is 1. The van der Waals surface area contributed by atoms with Gasteiger partial charge in [-0.1, -0.05) is 19.9 Å². The quantitative estimate of drug-likeness (QED) is 0.669. The number of hydrogen-bond acceptors (Lipinski definition) is 4. The van der Waals surface area contributed by atoms with E-state index in [0.717, 1.165) is 37.3 Å². The first-order valence-corrected chi connectivity index (χ1v) is 7.71. The van der Waals surface area contributed by atoms with Gasteiger partial charge in [-0.15, -0.1) is 0 Å². The van der Waals surface area contributed by atoms with Crippen LogP contribution in [0.15, 0.2) is 18.2 Å². The average molecular weight is 291 g/mol. The highest BCUT2D eigenvalue weighted by atomic mass is 16.6. The lowest BCUT2D eigenvalue weighted by Crippen LogP contribution is -2.41. The van der Waals surface area contributed by atoms with E-state index in [1.165, 1.54) is 6.42 Å². The van der Waals surface area contributed by atoms with Crippen molar-refractivity contribution < 1.29 is 4.92 Å². The van der Waals surface area contributed by atoms with Gasteiger partial charge >= 0.3 is 0 Å². The molecular weight excluding hydrogens is 266 g/mol. The molecule has 0 spiro atoms. The number of nitrogens with zero attached hydrogens (tertiary/aromatic N) is 2. The van der Waals surface area contributed by atoms with E-state index in [9.17, 15) is 10.1 Å². The lowest BCUT2D eigenvalue weighted by molar-refractivity contribution is -0.385. The van der Waals surface area contributed by atoms with E-state index in [1.807, 2.05) is 13.0 Å². The molecule has 1 unspecified atom stereocenters. The van der Waals surface area contributed by atoms with E-state index in [2.05, 4.69) is 24.1 Å². The molecule has 1 aliphatic heterocycles.